The van der Waals surface area contributed by atoms with Gasteiger partial charge in [-0.05, 0) is 34.9 Å². The molecule has 0 spiro atoms. The second kappa shape index (κ2) is 4.58. The number of aromatic amines is 1. The van der Waals surface area contributed by atoms with Crippen LogP contribution < -0.4 is 0 Å². The van der Waals surface area contributed by atoms with Crippen LogP contribution >= 0.6 is 0 Å². The molecule has 0 unspecified atom stereocenters. The zero-order valence-corrected chi connectivity index (χ0v) is 10.2. The first-order valence-electron chi connectivity index (χ1n) is 6.01. The van der Waals surface area contributed by atoms with Gasteiger partial charge in [0, 0.05) is 17.1 Å². The Kier molecular flexibility index (Phi) is 2.77. The summed E-state index contributed by atoms with van der Waals surface area (Å²) in [6.45, 7) is 0. The standard InChI is InChI=1S/C16H11FN2/c17-13-4-1-3-11(9-13)14-5-2-6-15-16(14)12(7-8-18)10-19-15/h1-6,9-10,19H,7H2. The first-order valence-corrected chi connectivity index (χ1v) is 6.01. The number of hydrogen-bond donors (Lipinski definition) is 1. The van der Waals surface area contributed by atoms with Gasteiger partial charge in [-0.2, -0.15) is 5.26 Å². The van der Waals surface area contributed by atoms with Crippen molar-refractivity contribution in [2.75, 3.05) is 0 Å². The van der Waals surface area contributed by atoms with E-state index in [0.29, 0.717) is 6.42 Å². The summed E-state index contributed by atoms with van der Waals surface area (Å²) >= 11 is 0. The molecular formula is C16H11FN2. The van der Waals surface area contributed by atoms with E-state index in [0.717, 1.165) is 27.6 Å². The smallest absolute Gasteiger partial charge is 0.123 e. The van der Waals surface area contributed by atoms with Crippen LogP contribution in [0.1, 0.15) is 5.56 Å². The summed E-state index contributed by atoms with van der Waals surface area (Å²) in [7, 11) is 0. The van der Waals surface area contributed by atoms with E-state index < -0.39 is 0 Å². The topological polar surface area (TPSA) is 39.6 Å². The second-order valence-corrected chi connectivity index (χ2v) is 4.39. The molecular weight excluding hydrogens is 239 g/mol. The van der Waals surface area contributed by atoms with Crippen molar-refractivity contribution >= 4 is 10.9 Å². The van der Waals surface area contributed by atoms with Crippen LogP contribution in [-0.2, 0) is 6.42 Å². The molecule has 2 aromatic carbocycles. The van der Waals surface area contributed by atoms with Crippen LogP contribution in [0.5, 0.6) is 0 Å². The first kappa shape index (κ1) is 11.5. The number of rotatable bonds is 2. The van der Waals surface area contributed by atoms with Crippen molar-refractivity contribution in [2.24, 2.45) is 0 Å². The van der Waals surface area contributed by atoms with E-state index in [4.69, 9.17) is 5.26 Å². The lowest BCUT2D eigenvalue weighted by Crippen LogP contribution is -1.84. The van der Waals surface area contributed by atoms with Crippen molar-refractivity contribution in [1.29, 1.82) is 5.26 Å². The van der Waals surface area contributed by atoms with Gasteiger partial charge in [0.15, 0.2) is 0 Å². The first-order chi connectivity index (χ1) is 9.29. The summed E-state index contributed by atoms with van der Waals surface area (Å²) in [4.78, 5) is 3.15. The molecule has 3 aromatic rings. The third kappa shape index (κ3) is 1.98. The van der Waals surface area contributed by atoms with Gasteiger partial charge in [-0.25, -0.2) is 4.39 Å². The predicted molar refractivity (Wildman–Crippen MR) is 73.0 cm³/mol. The van der Waals surface area contributed by atoms with Crippen LogP contribution in [-0.4, -0.2) is 4.98 Å². The molecule has 0 saturated heterocycles. The van der Waals surface area contributed by atoms with Crippen LogP contribution in [0.2, 0.25) is 0 Å². The van der Waals surface area contributed by atoms with Gasteiger partial charge in [-0.3, -0.25) is 0 Å². The molecule has 3 heteroatoms. The average molecular weight is 250 g/mol. The molecule has 0 saturated carbocycles. The lowest BCUT2D eigenvalue weighted by Gasteiger charge is -2.05. The highest BCUT2D eigenvalue weighted by Gasteiger charge is 2.10. The molecule has 0 fully saturated rings. The van der Waals surface area contributed by atoms with Gasteiger partial charge in [0.2, 0.25) is 0 Å². The van der Waals surface area contributed by atoms with Crippen LogP contribution in [0.4, 0.5) is 4.39 Å². The maximum atomic E-state index is 13.4. The molecule has 1 heterocycles. The van der Waals surface area contributed by atoms with Gasteiger partial charge in [-0.15, -0.1) is 0 Å². The maximum Gasteiger partial charge on any atom is 0.123 e. The minimum absolute atomic E-state index is 0.258. The van der Waals surface area contributed by atoms with Gasteiger partial charge >= 0.3 is 0 Å². The Bertz CT molecular complexity index is 781. The third-order valence-electron chi connectivity index (χ3n) is 3.19. The second-order valence-electron chi connectivity index (χ2n) is 4.39. The van der Waals surface area contributed by atoms with Gasteiger partial charge in [0.05, 0.1) is 12.5 Å². The minimum atomic E-state index is -0.258. The highest BCUT2D eigenvalue weighted by Crippen LogP contribution is 2.31. The summed E-state index contributed by atoms with van der Waals surface area (Å²) < 4.78 is 13.4. The van der Waals surface area contributed by atoms with Gasteiger partial charge in [-0.1, -0.05) is 24.3 Å². The average Bonchev–Trinajstić information content (AvgIpc) is 2.83. The van der Waals surface area contributed by atoms with Crippen molar-refractivity contribution < 1.29 is 4.39 Å². The number of fused-ring (bicyclic) bond motifs is 1. The zero-order chi connectivity index (χ0) is 13.2. The Morgan fingerprint density at radius 2 is 2.00 bits per heavy atom. The van der Waals surface area contributed by atoms with Crippen LogP contribution in [0.25, 0.3) is 22.0 Å². The van der Waals surface area contributed by atoms with Gasteiger partial charge in [0.1, 0.15) is 5.82 Å². The SMILES string of the molecule is N#CCc1c[nH]c2cccc(-c3cccc(F)c3)c12. The quantitative estimate of drug-likeness (QED) is 0.732. The fraction of sp³-hybridized carbons (Fsp3) is 0.0625. The fourth-order valence-electron chi connectivity index (χ4n) is 2.38. The van der Waals surface area contributed by atoms with Crippen molar-refractivity contribution in [3.05, 3.63) is 60.0 Å². The van der Waals surface area contributed by atoms with Crippen molar-refractivity contribution in [3.8, 4) is 17.2 Å². The Labute approximate surface area is 110 Å². The normalized spacial score (nSPS) is 10.5. The van der Waals surface area contributed by atoms with E-state index in [-0.39, 0.29) is 5.82 Å². The van der Waals surface area contributed by atoms with E-state index in [1.807, 2.05) is 30.5 Å². The van der Waals surface area contributed by atoms with Crippen molar-refractivity contribution in [3.63, 3.8) is 0 Å². The molecule has 3 rings (SSSR count). The molecule has 0 aliphatic rings. The summed E-state index contributed by atoms with van der Waals surface area (Å²) in [6.07, 6.45) is 2.18. The van der Waals surface area contributed by atoms with Crippen LogP contribution in [0.15, 0.2) is 48.7 Å². The number of nitriles is 1. The molecule has 0 atom stereocenters. The number of nitrogens with zero attached hydrogens (tertiary/aromatic N) is 1. The van der Waals surface area contributed by atoms with Crippen LogP contribution in [0, 0.1) is 17.1 Å². The molecule has 19 heavy (non-hydrogen) atoms. The predicted octanol–water partition coefficient (Wildman–Crippen LogP) is 4.04. The van der Waals surface area contributed by atoms with Gasteiger partial charge < -0.3 is 4.98 Å². The summed E-state index contributed by atoms with van der Waals surface area (Å²) in [5.41, 5.74) is 3.68. The highest BCUT2D eigenvalue weighted by atomic mass is 19.1. The van der Waals surface area contributed by atoms with E-state index >= 15 is 0 Å². The maximum absolute atomic E-state index is 13.4. The number of halogens is 1. The number of hydrogen-bond acceptors (Lipinski definition) is 1. The third-order valence-corrected chi connectivity index (χ3v) is 3.19. The Hall–Kier alpha value is -2.60. The van der Waals surface area contributed by atoms with Gasteiger partial charge in [0.25, 0.3) is 0 Å². The molecule has 1 N–H and O–H groups in total. The molecule has 2 nitrogen and oxygen atoms in total. The number of benzene rings is 2. The highest BCUT2D eigenvalue weighted by molar-refractivity contribution is 5.97. The fourth-order valence-corrected chi connectivity index (χ4v) is 2.38. The van der Waals surface area contributed by atoms with E-state index in [2.05, 4.69) is 11.1 Å². The largest absolute Gasteiger partial charge is 0.361 e. The van der Waals surface area contributed by atoms with Crippen LogP contribution in [0.3, 0.4) is 0 Å². The zero-order valence-electron chi connectivity index (χ0n) is 10.2. The lowest BCUT2D eigenvalue weighted by atomic mass is 9.98. The molecule has 92 valence electrons. The minimum Gasteiger partial charge on any atom is -0.361 e. The summed E-state index contributed by atoms with van der Waals surface area (Å²) in [6, 6.07) is 14.5. The summed E-state index contributed by atoms with van der Waals surface area (Å²) in [5, 5.41) is 9.87. The molecule has 0 amide bonds. The molecule has 0 aliphatic heterocycles. The Morgan fingerprint density at radius 1 is 1.16 bits per heavy atom. The Balaban J connectivity index is 2.29. The Morgan fingerprint density at radius 3 is 2.79 bits per heavy atom. The monoisotopic (exact) mass is 250 g/mol. The molecule has 1 aromatic heterocycles. The number of nitrogens with one attached hydrogen (secondary N) is 1. The van der Waals surface area contributed by atoms with E-state index in [9.17, 15) is 4.39 Å². The number of aromatic nitrogens is 1. The van der Waals surface area contributed by atoms with E-state index in [1.165, 1.54) is 12.1 Å². The molecule has 0 radical (unpaired) electrons. The molecule has 0 aliphatic carbocycles. The summed E-state index contributed by atoms with van der Waals surface area (Å²) in [5.74, 6) is -0.258. The van der Waals surface area contributed by atoms with Crippen molar-refractivity contribution in [1.82, 2.24) is 4.98 Å². The van der Waals surface area contributed by atoms with E-state index in [1.54, 1.807) is 6.07 Å². The molecule has 0 bridgehead atoms. The number of H-pyrrole nitrogens is 1. The lowest BCUT2D eigenvalue weighted by molar-refractivity contribution is 0.628. The van der Waals surface area contributed by atoms with Crippen molar-refractivity contribution in [2.45, 2.75) is 6.42 Å².